The van der Waals surface area contributed by atoms with E-state index in [4.69, 9.17) is 9.94 Å². The summed E-state index contributed by atoms with van der Waals surface area (Å²) in [6.45, 7) is 5.55. The minimum absolute atomic E-state index is 0.184. The van der Waals surface area contributed by atoms with Gasteiger partial charge in [0.05, 0.1) is 5.56 Å². The molecule has 168 valence electrons. The molecule has 0 aliphatic carbocycles. The first kappa shape index (κ1) is 23.6. The van der Waals surface area contributed by atoms with Crippen molar-refractivity contribution in [1.82, 2.24) is 25.2 Å². The van der Waals surface area contributed by atoms with Crippen LogP contribution in [0.2, 0.25) is 0 Å². The topological polar surface area (TPSA) is 111 Å². The van der Waals surface area contributed by atoms with Gasteiger partial charge in [-0.3, -0.25) is 9.63 Å². The van der Waals surface area contributed by atoms with Crippen molar-refractivity contribution >= 4 is 17.9 Å². The van der Waals surface area contributed by atoms with E-state index in [0.29, 0.717) is 32.7 Å². The molecule has 1 saturated heterocycles. The maximum atomic E-state index is 12.6. The van der Waals surface area contributed by atoms with Gasteiger partial charge in [-0.1, -0.05) is 6.92 Å². The van der Waals surface area contributed by atoms with Crippen LogP contribution in [0.1, 0.15) is 19.4 Å². The first-order valence-electron chi connectivity index (χ1n) is 9.39. The zero-order valence-corrected chi connectivity index (χ0v) is 16.7. The summed E-state index contributed by atoms with van der Waals surface area (Å²) in [7, 11) is 0. The second-order valence-electron chi connectivity index (χ2n) is 6.74. The molecule has 0 radical (unpaired) electrons. The van der Waals surface area contributed by atoms with Gasteiger partial charge < -0.3 is 20.2 Å². The molecule has 1 aromatic heterocycles. The lowest BCUT2D eigenvalue weighted by molar-refractivity contribution is -0.177. The second kappa shape index (κ2) is 10.4. The molecule has 1 unspecified atom stereocenters. The van der Waals surface area contributed by atoms with Gasteiger partial charge in [0.15, 0.2) is 0 Å². The number of hydrogen-bond donors (Lipinski definition) is 2. The number of carboxylic acid groups (broad SMARTS) is 1. The minimum Gasteiger partial charge on any atom is -0.465 e. The van der Waals surface area contributed by atoms with E-state index in [1.54, 1.807) is 16.7 Å². The predicted octanol–water partition coefficient (Wildman–Crippen LogP) is 1.05. The third-order valence-electron chi connectivity index (χ3n) is 4.45. The third-order valence-corrected chi connectivity index (χ3v) is 4.45. The van der Waals surface area contributed by atoms with E-state index in [-0.39, 0.29) is 31.0 Å². The van der Waals surface area contributed by atoms with E-state index >= 15 is 0 Å². The van der Waals surface area contributed by atoms with Gasteiger partial charge in [-0.25, -0.2) is 14.8 Å². The fourth-order valence-electron chi connectivity index (χ4n) is 2.86. The Bertz CT molecular complexity index is 710. The summed E-state index contributed by atoms with van der Waals surface area (Å²) in [6.07, 6.45) is -4.14. The van der Waals surface area contributed by atoms with E-state index in [9.17, 15) is 22.8 Å². The Hall–Kier alpha value is -2.67. The van der Waals surface area contributed by atoms with Gasteiger partial charge in [0.25, 0.3) is 5.91 Å². The Balaban J connectivity index is 1.78. The Labute approximate surface area is 171 Å². The lowest BCUT2D eigenvalue weighted by Gasteiger charge is -2.35. The number of aromatic nitrogens is 2. The fourth-order valence-corrected chi connectivity index (χ4v) is 2.86. The minimum atomic E-state index is -4.49. The molecule has 0 bridgehead atoms. The van der Waals surface area contributed by atoms with Crippen molar-refractivity contribution in [3.05, 3.63) is 18.0 Å². The SMILES string of the molecule is CCN(CC(C)NC(=O)O)OCC(=O)N1CCN(c2ncc(C(F)(F)F)cn2)CC1. The zero-order valence-electron chi connectivity index (χ0n) is 16.7. The quantitative estimate of drug-likeness (QED) is 0.585. The number of carbonyl (C=O) groups is 2. The summed E-state index contributed by atoms with van der Waals surface area (Å²) in [6, 6.07) is -0.371. The van der Waals surface area contributed by atoms with Gasteiger partial charge in [-0.05, 0) is 6.92 Å². The highest BCUT2D eigenvalue weighted by Gasteiger charge is 2.32. The first-order valence-corrected chi connectivity index (χ1v) is 9.39. The second-order valence-corrected chi connectivity index (χ2v) is 6.74. The molecular weight excluding hydrogens is 409 g/mol. The van der Waals surface area contributed by atoms with Gasteiger partial charge in [-0.2, -0.15) is 18.2 Å². The number of nitrogens with zero attached hydrogens (tertiary/aromatic N) is 5. The van der Waals surface area contributed by atoms with Gasteiger partial charge in [-0.15, -0.1) is 0 Å². The van der Waals surface area contributed by atoms with Gasteiger partial charge >= 0.3 is 12.3 Å². The van der Waals surface area contributed by atoms with Gasteiger partial charge in [0.2, 0.25) is 5.95 Å². The van der Waals surface area contributed by atoms with Crippen molar-refractivity contribution in [3.8, 4) is 0 Å². The van der Waals surface area contributed by atoms with Crippen molar-refractivity contribution in [3.63, 3.8) is 0 Å². The van der Waals surface area contributed by atoms with E-state index < -0.39 is 17.8 Å². The van der Waals surface area contributed by atoms with Gasteiger partial charge in [0.1, 0.15) is 6.61 Å². The maximum Gasteiger partial charge on any atom is 0.419 e. The van der Waals surface area contributed by atoms with E-state index in [1.807, 2.05) is 6.92 Å². The molecule has 10 nitrogen and oxygen atoms in total. The molecule has 13 heteroatoms. The molecule has 0 spiro atoms. The van der Waals surface area contributed by atoms with Crippen LogP contribution in [-0.2, 0) is 15.8 Å². The van der Waals surface area contributed by atoms with Crippen LogP contribution in [0.25, 0.3) is 0 Å². The molecule has 0 aromatic carbocycles. The number of piperazine rings is 1. The van der Waals surface area contributed by atoms with E-state index in [1.165, 1.54) is 5.06 Å². The Morgan fingerprint density at radius 2 is 1.87 bits per heavy atom. The molecule has 1 atom stereocenters. The maximum absolute atomic E-state index is 12.6. The molecule has 2 rings (SSSR count). The van der Waals surface area contributed by atoms with Crippen LogP contribution in [0.3, 0.4) is 0 Å². The van der Waals surface area contributed by atoms with Crippen molar-refractivity contribution < 1.29 is 32.7 Å². The average molecular weight is 434 g/mol. The molecule has 0 saturated carbocycles. The molecule has 1 fully saturated rings. The Kier molecular flexibility index (Phi) is 8.17. The smallest absolute Gasteiger partial charge is 0.419 e. The van der Waals surface area contributed by atoms with Crippen LogP contribution in [-0.4, -0.2) is 89.0 Å². The molecule has 1 aliphatic heterocycles. The summed E-state index contributed by atoms with van der Waals surface area (Å²) >= 11 is 0. The number of amides is 2. The molecular formula is C17H25F3N6O4. The lowest BCUT2D eigenvalue weighted by Crippen LogP contribution is -2.51. The predicted molar refractivity (Wildman–Crippen MR) is 99.6 cm³/mol. The summed E-state index contributed by atoms with van der Waals surface area (Å²) in [5.41, 5.74) is -0.912. The normalized spacial score (nSPS) is 15.9. The van der Waals surface area contributed by atoms with E-state index in [2.05, 4.69) is 15.3 Å². The number of rotatable bonds is 8. The average Bonchev–Trinajstić information content (AvgIpc) is 2.70. The molecule has 2 heterocycles. The molecule has 2 N–H and O–H groups in total. The van der Waals surface area contributed by atoms with Crippen LogP contribution in [0.15, 0.2) is 12.4 Å². The first-order chi connectivity index (χ1) is 14.1. The number of carbonyl (C=O) groups excluding carboxylic acids is 1. The highest BCUT2D eigenvalue weighted by atomic mass is 19.4. The van der Waals surface area contributed by atoms with Crippen molar-refractivity contribution in [2.45, 2.75) is 26.1 Å². The lowest BCUT2D eigenvalue weighted by atomic mass is 10.3. The van der Waals surface area contributed by atoms with Crippen molar-refractivity contribution in [2.24, 2.45) is 0 Å². The number of likely N-dealkylation sites (N-methyl/N-ethyl adjacent to an activating group) is 1. The molecule has 1 aliphatic rings. The zero-order chi connectivity index (χ0) is 22.3. The monoisotopic (exact) mass is 434 g/mol. The number of alkyl halides is 3. The Morgan fingerprint density at radius 1 is 1.27 bits per heavy atom. The number of anilines is 1. The summed E-state index contributed by atoms with van der Waals surface area (Å²) < 4.78 is 37.8. The molecule has 1 aromatic rings. The van der Waals surface area contributed by atoms with Crippen LogP contribution in [0.5, 0.6) is 0 Å². The third kappa shape index (κ3) is 6.99. The van der Waals surface area contributed by atoms with Crippen LogP contribution in [0, 0.1) is 0 Å². The fraction of sp³-hybridized carbons (Fsp3) is 0.647. The number of hydrogen-bond acceptors (Lipinski definition) is 7. The largest absolute Gasteiger partial charge is 0.465 e. The van der Waals surface area contributed by atoms with E-state index in [0.717, 1.165) is 12.4 Å². The van der Waals surface area contributed by atoms with Crippen LogP contribution >= 0.6 is 0 Å². The standard InChI is InChI=1S/C17H25F3N6O4/c1-3-26(10-12(2)23-16(28)29)30-11-14(27)24-4-6-25(7-5-24)15-21-8-13(9-22-15)17(18,19)20/h8-9,12,23H,3-7,10-11H2,1-2H3,(H,28,29). The summed E-state index contributed by atoms with van der Waals surface area (Å²) in [4.78, 5) is 39.3. The summed E-state index contributed by atoms with van der Waals surface area (Å²) in [5.74, 6) is -0.0521. The highest BCUT2D eigenvalue weighted by molar-refractivity contribution is 5.77. The Morgan fingerprint density at radius 3 is 2.37 bits per heavy atom. The van der Waals surface area contributed by atoms with Crippen molar-refractivity contribution in [1.29, 1.82) is 0 Å². The van der Waals surface area contributed by atoms with Crippen LogP contribution in [0.4, 0.5) is 23.9 Å². The number of nitrogens with one attached hydrogen (secondary N) is 1. The molecule has 2 amide bonds. The van der Waals surface area contributed by atoms with Crippen LogP contribution < -0.4 is 10.2 Å². The number of hydroxylamine groups is 2. The molecule has 30 heavy (non-hydrogen) atoms. The highest BCUT2D eigenvalue weighted by Crippen LogP contribution is 2.28. The number of halogens is 3. The van der Waals surface area contributed by atoms with Crippen molar-refractivity contribution in [2.75, 3.05) is 50.8 Å². The summed E-state index contributed by atoms with van der Waals surface area (Å²) in [5, 5.41) is 12.5. The van der Waals surface area contributed by atoms with Gasteiger partial charge in [0, 0.05) is 57.7 Å².